The molecule has 1 aromatic rings. The summed E-state index contributed by atoms with van der Waals surface area (Å²) in [6.45, 7) is 4.89. The summed E-state index contributed by atoms with van der Waals surface area (Å²) in [5.74, 6) is -0.443. The van der Waals surface area contributed by atoms with Crippen LogP contribution in [0.3, 0.4) is 0 Å². The highest BCUT2D eigenvalue weighted by Crippen LogP contribution is 2.34. The van der Waals surface area contributed by atoms with E-state index in [1.54, 1.807) is 26.8 Å². The number of carbonyl (C=O) groups is 1. The first-order valence-electron chi connectivity index (χ1n) is 6.15. The fourth-order valence-corrected chi connectivity index (χ4v) is 1.56. The van der Waals surface area contributed by atoms with Crippen molar-refractivity contribution in [2.75, 3.05) is 5.32 Å². The minimum atomic E-state index is -4.52. The van der Waals surface area contributed by atoms with E-state index in [0.717, 1.165) is 12.3 Å². The van der Waals surface area contributed by atoms with E-state index in [9.17, 15) is 18.0 Å². The number of nitriles is 1. The summed E-state index contributed by atoms with van der Waals surface area (Å²) in [5.41, 5.74) is -2.08. The molecule has 1 N–H and O–H groups in total. The molecule has 3 nitrogen and oxygen atoms in total. The van der Waals surface area contributed by atoms with E-state index in [-0.39, 0.29) is 11.3 Å². The second-order valence-electron chi connectivity index (χ2n) is 5.44. The molecule has 0 amide bonds. The van der Waals surface area contributed by atoms with Gasteiger partial charge in [-0.2, -0.15) is 18.4 Å². The van der Waals surface area contributed by atoms with Crippen molar-refractivity contribution >= 4 is 11.5 Å². The summed E-state index contributed by atoms with van der Waals surface area (Å²) in [4.78, 5) is 11.9. The number of rotatable bonds is 3. The van der Waals surface area contributed by atoms with Gasteiger partial charge in [-0.1, -0.05) is 32.9 Å². The van der Waals surface area contributed by atoms with Crippen molar-refractivity contribution < 1.29 is 18.0 Å². The molecule has 6 heteroatoms. The van der Waals surface area contributed by atoms with E-state index < -0.39 is 22.9 Å². The third-order valence-corrected chi connectivity index (χ3v) is 2.65. The van der Waals surface area contributed by atoms with Crippen LogP contribution >= 0.6 is 0 Å². The molecule has 0 saturated heterocycles. The Morgan fingerprint density at radius 2 is 1.81 bits per heavy atom. The minimum Gasteiger partial charge on any atom is -0.360 e. The summed E-state index contributed by atoms with van der Waals surface area (Å²) >= 11 is 0. The molecule has 1 aromatic carbocycles. The molecule has 0 aliphatic carbocycles. The van der Waals surface area contributed by atoms with Crippen molar-refractivity contribution in [3.05, 3.63) is 41.6 Å². The van der Waals surface area contributed by atoms with Gasteiger partial charge in [-0.25, -0.2) is 0 Å². The molecule has 0 radical (unpaired) electrons. The Morgan fingerprint density at radius 3 is 2.29 bits per heavy atom. The zero-order valence-corrected chi connectivity index (χ0v) is 11.9. The van der Waals surface area contributed by atoms with Crippen molar-refractivity contribution in [2.45, 2.75) is 26.9 Å². The summed E-state index contributed by atoms with van der Waals surface area (Å²) in [5, 5.41) is 11.4. The van der Waals surface area contributed by atoms with Gasteiger partial charge in [-0.15, -0.1) is 0 Å². The number of benzene rings is 1. The number of halogens is 3. The van der Waals surface area contributed by atoms with Crippen molar-refractivity contribution in [1.82, 2.24) is 0 Å². The zero-order chi connectivity index (χ0) is 16.3. The van der Waals surface area contributed by atoms with Crippen LogP contribution in [0.15, 0.2) is 36.0 Å². The molecule has 0 unspecified atom stereocenters. The monoisotopic (exact) mass is 296 g/mol. The maximum absolute atomic E-state index is 12.8. The van der Waals surface area contributed by atoms with Gasteiger partial charge >= 0.3 is 6.18 Å². The van der Waals surface area contributed by atoms with Gasteiger partial charge in [0.15, 0.2) is 5.78 Å². The first kappa shape index (κ1) is 16.8. The van der Waals surface area contributed by atoms with Crippen LogP contribution in [0.2, 0.25) is 0 Å². The van der Waals surface area contributed by atoms with E-state index in [4.69, 9.17) is 5.26 Å². The lowest BCUT2D eigenvalue weighted by molar-refractivity contribution is -0.136. The first-order chi connectivity index (χ1) is 9.57. The number of alkyl halides is 3. The topological polar surface area (TPSA) is 52.9 Å². The number of ketones is 1. The van der Waals surface area contributed by atoms with Crippen molar-refractivity contribution in [1.29, 1.82) is 5.26 Å². The Labute approximate surface area is 121 Å². The SMILES string of the molecule is CC(C)(C)C(=O)/C(C#N)=C\Nc1ccccc1C(F)(F)F. The molecule has 0 aliphatic heterocycles. The van der Waals surface area contributed by atoms with Gasteiger partial charge in [0, 0.05) is 11.6 Å². The third kappa shape index (κ3) is 4.35. The van der Waals surface area contributed by atoms with Crippen LogP contribution in [-0.2, 0) is 11.0 Å². The van der Waals surface area contributed by atoms with Crippen LogP contribution in [0.25, 0.3) is 0 Å². The van der Waals surface area contributed by atoms with Gasteiger partial charge in [0.2, 0.25) is 0 Å². The molecular weight excluding hydrogens is 281 g/mol. The number of Topliss-reactive ketones (excluding diaryl/α,β-unsaturated/α-hetero) is 1. The third-order valence-electron chi connectivity index (χ3n) is 2.65. The number of carbonyl (C=O) groups excluding carboxylic acids is 1. The van der Waals surface area contributed by atoms with E-state index in [0.29, 0.717) is 0 Å². The molecule has 112 valence electrons. The number of hydrogen-bond acceptors (Lipinski definition) is 3. The Hall–Kier alpha value is -2.29. The molecular formula is C15H15F3N2O. The molecule has 0 saturated carbocycles. The molecule has 0 aromatic heterocycles. The quantitative estimate of drug-likeness (QED) is 0.673. The first-order valence-corrected chi connectivity index (χ1v) is 6.15. The highest BCUT2D eigenvalue weighted by molar-refractivity contribution is 6.02. The summed E-state index contributed by atoms with van der Waals surface area (Å²) < 4.78 is 38.4. The minimum absolute atomic E-state index is 0.209. The highest BCUT2D eigenvalue weighted by atomic mass is 19.4. The molecule has 0 bridgehead atoms. The summed E-state index contributed by atoms with van der Waals surface area (Å²) in [6.07, 6.45) is -3.50. The number of hydrogen-bond donors (Lipinski definition) is 1. The van der Waals surface area contributed by atoms with Gasteiger partial charge in [0.25, 0.3) is 0 Å². The lowest BCUT2D eigenvalue weighted by Crippen LogP contribution is -2.22. The van der Waals surface area contributed by atoms with Crippen LogP contribution in [0.4, 0.5) is 18.9 Å². The van der Waals surface area contributed by atoms with Gasteiger partial charge in [0.05, 0.1) is 11.3 Å². The molecule has 0 atom stereocenters. The molecule has 0 aliphatic rings. The van der Waals surface area contributed by atoms with Crippen LogP contribution in [0.5, 0.6) is 0 Å². The number of anilines is 1. The van der Waals surface area contributed by atoms with Crippen molar-refractivity contribution in [3.8, 4) is 6.07 Å². The van der Waals surface area contributed by atoms with E-state index >= 15 is 0 Å². The normalized spacial score (nSPS) is 12.7. The summed E-state index contributed by atoms with van der Waals surface area (Å²) in [6, 6.07) is 6.56. The van der Waals surface area contributed by atoms with Crippen LogP contribution in [0.1, 0.15) is 26.3 Å². The van der Waals surface area contributed by atoms with Crippen molar-refractivity contribution in [2.24, 2.45) is 5.41 Å². The predicted molar refractivity (Wildman–Crippen MR) is 73.2 cm³/mol. The number of nitrogens with zero attached hydrogens (tertiary/aromatic N) is 1. The van der Waals surface area contributed by atoms with Gasteiger partial charge < -0.3 is 5.32 Å². The average molecular weight is 296 g/mol. The number of para-hydroxylation sites is 1. The Bertz CT molecular complexity index is 605. The maximum Gasteiger partial charge on any atom is 0.418 e. The van der Waals surface area contributed by atoms with Crippen LogP contribution in [0, 0.1) is 16.7 Å². The lowest BCUT2D eigenvalue weighted by Gasteiger charge is -2.16. The molecule has 0 fully saturated rings. The lowest BCUT2D eigenvalue weighted by atomic mass is 9.87. The standard InChI is InChI=1S/C15H15F3N2O/c1-14(2,3)13(21)10(8-19)9-20-12-7-5-4-6-11(12)15(16,17)18/h4-7,9,20H,1-3H3/b10-9-. The highest BCUT2D eigenvalue weighted by Gasteiger charge is 2.33. The smallest absolute Gasteiger partial charge is 0.360 e. The van der Waals surface area contributed by atoms with Crippen molar-refractivity contribution in [3.63, 3.8) is 0 Å². The number of nitrogens with one attached hydrogen (secondary N) is 1. The number of allylic oxidation sites excluding steroid dienone is 1. The van der Waals surface area contributed by atoms with Crippen LogP contribution < -0.4 is 5.32 Å². The van der Waals surface area contributed by atoms with Gasteiger partial charge in [-0.3, -0.25) is 4.79 Å². The Morgan fingerprint density at radius 1 is 1.24 bits per heavy atom. The molecule has 0 spiro atoms. The average Bonchev–Trinajstić information content (AvgIpc) is 2.37. The van der Waals surface area contributed by atoms with Gasteiger partial charge in [-0.05, 0) is 12.1 Å². The molecule has 21 heavy (non-hydrogen) atoms. The van der Waals surface area contributed by atoms with E-state index in [1.165, 1.54) is 18.2 Å². The predicted octanol–water partition coefficient (Wildman–Crippen LogP) is 4.14. The molecule has 0 heterocycles. The second kappa shape index (κ2) is 6.00. The Balaban J connectivity index is 3.10. The van der Waals surface area contributed by atoms with E-state index in [2.05, 4.69) is 5.32 Å². The molecule has 1 rings (SSSR count). The van der Waals surface area contributed by atoms with Crippen LogP contribution in [-0.4, -0.2) is 5.78 Å². The second-order valence-corrected chi connectivity index (χ2v) is 5.44. The summed E-state index contributed by atoms with van der Waals surface area (Å²) in [7, 11) is 0. The maximum atomic E-state index is 12.8. The fourth-order valence-electron chi connectivity index (χ4n) is 1.56. The largest absolute Gasteiger partial charge is 0.418 e. The fraction of sp³-hybridized carbons (Fsp3) is 0.333. The Kier molecular flexibility index (Phi) is 4.79. The zero-order valence-electron chi connectivity index (χ0n) is 11.9. The van der Waals surface area contributed by atoms with E-state index in [1.807, 2.05) is 0 Å². The van der Waals surface area contributed by atoms with Gasteiger partial charge in [0.1, 0.15) is 11.6 Å².